The third-order valence-corrected chi connectivity index (χ3v) is 5.31. The largest absolute Gasteiger partial charge is 0.494 e. The van der Waals surface area contributed by atoms with Crippen molar-refractivity contribution in [1.29, 1.82) is 0 Å². The summed E-state index contributed by atoms with van der Waals surface area (Å²) in [6.07, 6.45) is -0.701. The molecule has 0 aliphatic heterocycles. The number of hydrogen-bond acceptors (Lipinski definition) is 7. The number of hydrogen-bond donors (Lipinski definition) is 4. The molecule has 1 heterocycles. The molecule has 0 radical (unpaired) electrons. The maximum atomic E-state index is 13.2. The van der Waals surface area contributed by atoms with Crippen LogP contribution in [0.3, 0.4) is 0 Å². The quantitative estimate of drug-likeness (QED) is 0.490. The predicted molar refractivity (Wildman–Crippen MR) is 114 cm³/mol. The highest BCUT2D eigenvalue weighted by atomic mass is 19.4. The highest BCUT2D eigenvalue weighted by molar-refractivity contribution is 5.91. The van der Waals surface area contributed by atoms with Crippen molar-refractivity contribution in [2.75, 3.05) is 24.8 Å². The minimum atomic E-state index is -4.64. The van der Waals surface area contributed by atoms with E-state index in [4.69, 9.17) is 9.47 Å². The topological polar surface area (TPSA) is 118 Å². The molecule has 1 aliphatic rings. The van der Waals surface area contributed by atoms with Crippen LogP contribution in [0.25, 0.3) is 0 Å². The Morgan fingerprint density at radius 1 is 1.18 bits per heavy atom. The van der Waals surface area contributed by atoms with Crippen LogP contribution in [0.1, 0.15) is 36.8 Å². The lowest BCUT2D eigenvalue weighted by molar-refractivity contribution is -0.137. The summed E-state index contributed by atoms with van der Waals surface area (Å²) in [7, 11) is 3.00. The molecule has 1 saturated carbocycles. The number of urea groups is 1. The highest BCUT2D eigenvalue weighted by Crippen LogP contribution is 2.38. The molecule has 2 aromatic rings. The van der Waals surface area contributed by atoms with E-state index in [2.05, 4.69) is 25.9 Å². The zero-order chi connectivity index (χ0) is 24.0. The van der Waals surface area contributed by atoms with E-state index in [-0.39, 0.29) is 29.1 Å². The van der Waals surface area contributed by atoms with Crippen LogP contribution in [0, 0.1) is 0 Å². The van der Waals surface area contributed by atoms with E-state index in [1.54, 1.807) is 13.1 Å². The van der Waals surface area contributed by atoms with Crippen molar-refractivity contribution in [1.82, 2.24) is 15.3 Å². The van der Waals surface area contributed by atoms with Crippen molar-refractivity contribution in [2.24, 2.45) is 0 Å². The number of nitrogens with zero attached hydrogens (tertiary/aromatic N) is 2. The Morgan fingerprint density at radius 2 is 1.91 bits per heavy atom. The minimum Gasteiger partial charge on any atom is -0.494 e. The van der Waals surface area contributed by atoms with E-state index < -0.39 is 24.4 Å². The van der Waals surface area contributed by atoms with Gasteiger partial charge in [-0.15, -0.1) is 0 Å². The molecular weight excluding hydrogens is 443 g/mol. The first-order chi connectivity index (χ1) is 15.7. The van der Waals surface area contributed by atoms with Crippen molar-refractivity contribution in [2.45, 2.75) is 50.6 Å². The Kier molecular flexibility index (Phi) is 7.79. The van der Waals surface area contributed by atoms with Crippen LogP contribution in [0.5, 0.6) is 11.6 Å². The van der Waals surface area contributed by atoms with E-state index in [9.17, 15) is 23.1 Å². The van der Waals surface area contributed by atoms with Crippen LogP contribution in [0.15, 0.2) is 24.5 Å². The van der Waals surface area contributed by atoms with Crippen LogP contribution in [-0.4, -0.2) is 47.4 Å². The Labute approximate surface area is 188 Å². The molecule has 2 amide bonds. The maximum absolute atomic E-state index is 13.2. The van der Waals surface area contributed by atoms with E-state index in [0.717, 1.165) is 12.1 Å². The van der Waals surface area contributed by atoms with Gasteiger partial charge in [0, 0.05) is 24.7 Å². The number of nitrogens with one attached hydrogen (secondary N) is 3. The second-order valence-electron chi connectivity index (χ2n) is 7.55. The Morgan fingerprint density at radius 3 is 2.52 bits per heavy atom. The van der Waals surface area contributed by atoms with E-state index >= 15 is 0 Å². The minimum absolute atomic E-state index is 0.0245. The lowest BCUT2D eigenvalue weighted by Gasteiger charge is -2.29. The number of rotatable bonds is 7. The van der Waals surface area contributed by atoms with E-state index in [1.807, 2.05) is 0 Å². The van der Waals surface area contributed by atoms with Gasteiger partial charge in [-0.05, 0) is 37.8 Å². The number of carbonyl (C=O) groups is 1. The molecule has 1 fully saturated rings. The van der Waals surface area contributed by atoms with Crippen LogP contribution in [0.2, 0.25) is 0 Å². The van der Waals surface area contributed by atoms with Gasteiger partial charge in [-0.25, -0.2) is 14.8 Å². The third kappa shape index (κ3) is 6.37. The van der Waals surface area contributed by atoms with Gasteiger partial charge in [-0.2, -0.15) is 13.2 Å². The number of aliphatic hydroxyl groups excluding tert-OH is 1. The smallest absolute Gasteiger partial charge is 0.416 e. The SMILES string of the molecule is CNc1cc(O[C@H]2CC[C@H](NC(=O)Nc3cc(C(F)(F)F)cc(CO)c3OC)CC2)ncn1. The highest BCUT2D eigenvalue weighted by Gasteiger charge is 2.33. The first-order valence-electron chi connectivity index (χ1n) is 10.4. The van der Waals surface area contributed by atoms with Crippen molar-refractivity contribution in [3.8, 4) is 11.6 Å². The van der Waals surface area contributed by atoms with Crippen molar-refractivity contribution in [3.63, 3.8) is 0 Å². The summed E-state index contributed by atoms with van der Waals surface area (Å²) in [5, 5.41) is 17.5. The van der Waals surface area contributed by atoms with E-state index in [0.29, 0.717) is 37.4 Å². The average Bonchev–Trinajstić information content (AvgIpc) is 2.79. The summed E-state index contributed by atoms with van der Waals surface area (Å²) in [5.74, 6) is 1.07. The molecule has 1 aliphatic carbocycles. The molecule has 0 unspecified atom stereocenters. The monoisotopic (exact) mass is 469 g/mol. The van der Waals surface area contributed by atoms with Crippen molar-refractivity contribution < 1.29 is 32.5 Å². The van der Waals surface area contributed by atoms with Gasteiger partial charge >= 0.3 is 12.2 Å². The molecule has 9 nitrogen and oxygen atoms in total. The second kappa shape index (κ2) is 10.6. The molecule has 1 aromatic heterocycles. The standard InChI is InChI=1S/C21H26F3N5O4/c1-25-17-9-18(27-11-26-17)33-15-5-3-14(4-6-15)28-20(31)29-16-8-13(21(22,23)24)7-12(10-30)19(16)32-2/h7-9,11,14-15,30H,3-6,10H2,1-2H3,(H,25,26,27)(H2,28,29,31)/t14-,15-. The van der Waals surface area contributed by atoms with Crippen LogP contribution >= 0.6 is 0 Å². The predicted octanol–water partition coefficient (Wildman–Crippen LogP) is 3.55. The molecule has 0 atom stereocenters. The molecule has 180 valence electrons. The molecule has 0 saturated heterocycles. The number of alkyl halides is 3. The Balaban J connectivity index is 1.58. The first-order valence-corrected chi connectivity index (χ1v) is 10.4. The number of benzene rings is 1. The van der Waals surface area contributed by atoms with Gasteiger partial charge in [0.25, 0.3) is 0 Å². The van der Waals surface area contributed by atoms with E-state index in [1.165, 1.54) is 13.4 Å². The van der Waals surface area contributed by atoms with Crippen LogP contribution in [-0.2, 0) is 12.8 Å². The third-order valence-electron chi connectivity index (χ3n) is 5.31. The molecule has 0 bridgehead atoms. The number of aliphatic hydroxyl groups is 1. The van der Waals surface area contributed by atoms with Gasteiger partial charge in [-0.3, -0.25) is 0 Å². The van der Waals surface area contributed by atoms with Gasteiger partial charge in [-0.1, -0.05) is 0 Å². The lowest BCUT2D eigenvalue weighted by atomic mass is 9.93. The number of ether oxygens (including phenoxy) is 2. The fourth-order valence-electron chi connectivity index (χ4n) is 3.68. The lowest BCUT2D eigenvalue weighted by Crippen LogP contribution is -2.41. The molecule has 4 N–H and O–H groups in total. The van der Waals surface area contributed by atoms with Gasteiger partial charge in [0.15, 0.2) is 0 Å². The number of anilines is 2. The normalized spacial score (nSPS) is 18.4. The number of halogens is 3. The van der Waals surface area contributed by atoms with Crippen LogP contribution in [0.4, 0.5) is 29.5 Å². The number of aromatic nitrogens is 2. The summed E-state index contributed by atoms with van der Waals surface area (Å²) in [5.41, 5.74) is -1.24. The van der Waals surface area contributed by atoms with Crippen molar-refractivity contribution in [3.05, 3.63) is 35.7 Å². The molecule has 0 spiro atoms. The average molecular weight is 469 g/mol. The summed E-state index contributed by atoms with van der Waals surface area (Å²) in [6.45, 7) is -0.671. The zero-order valence-corrected chi connectivity index (χ0v) is 18.2. The zero-order valence-electron chi connectivity index (χ0n) is 18.2. The number of methoxy groups -OCH3 is 1. The fraction of sp³-hybridized carbons (Fsp3) is 0.476. The molecule has 12 heteroatoms. The number of amides is 2. The van der Waals surface area contributed by atoms with Gasteiger partial charge in [0.2, 0.25) is 5.88 Å². The summed E-state index contributed by atoms with van der Waals surface area (Å²) in [4.78, 5) is 20.6. The Hall–Kier alpha value is -3.28. The summed E-state index contributed by atoms with van der Waals surface area (Å²) < 4.78 is 50.6. The van der Waals surface area contributed by atoms with Gasteiger partial charge in [0.1, 0.15) is 24.0 Å². The fourth-order valence-corrected chi connectivity index (χ4v) is 3.68. The van der Waals surface area contributed by atoms with Crippen molar-refractivity contribution >= 4 is 17.5 Å². The first kappa shape index (κ1) is 24.4. The molecule has 3 rings (SSSR count). The van der Waals surface area contributed by atoms with Gasteiger partial charge in [0.05, 0.1) is 25.0 Å². The van der Waals surface area contributed by atoms with Gasteiger partial charge < -0.3 is 30.5 Å². The number of carbonyl (C=O) groups excluding carboxylic acids is 1. The molecular formula is C21H26F3N5O4. The maximum Gasteiger partial charge on any atom is 0.416 e. The summed E-state index contributed by atoms with van der Waals surface area (Å²) >= 11 is 0. The van der Waals surface area contributed by atoms with Crippen LogP contribution < -0.4 is 25.4 Å². The summed E-state index contributed by atoms with van der Waals surface area (Å²) in [6, 6.07) is 2.44. The Bertz CT molecular complexity index is 965. The molecule has 1 aromatic carbocycles. The second-order valence-corrected chi connectivity index (χ2v) is 7.55. The molecule has 33 heavy (non-hydrogen) atoms.